The molecule has 0 saturated carbocycles. The third kappa shape index (κ3) is 1.94. The van der Waals surface area contributed by atoms with Crippen molar-refractivity contribution in [2.24, 2.45) is 0 Å². The van der Waals surface area contributed by atoms with Gasteiger partial charge in [0.25, 0.3) is 0 Å². The lowest BCUT2D eigenvalue weighted by molar-refractivity contribution is 0.0697. The van der Waals surface area contributed by atoms with Gasteiger partial charge in [-0.3, -0.25) is 4.90 Å². The molecule has 2 N–H and O–H groups in total. The molecule has 0 aromatic heterocycles. The van der Waals surface area contributed by atoms with E-state index >= 15 is 0 Å². The summed E-state index contributed by atoms with van der Waals surface area (Å²) < 4.78 is 0. The highest BCUT2D eigenvalue weighted by atomic mass is 35.5. The molecule has 1 aromatic carbocycles. The summed E-state index contributed by atoms with van der Waals surface area (Å²) in [5, 5.41) is 11.8. The molecule has 1 aliphatic rings. The summed E-state index contributed by atoms with van der Waals surface area (Å²) in [5.41, 5.74) is 0.571. The predicted octanol–water partition coefficient (Wildman–Crippen LogP) is 1.57. The minimum Gasteiger partial charge on any atom is -0.478 e. The molecule has 0 aliphatic carbocycles. The standard InChI is InChI=1S/C10H9ClN2O3/c11-7-3-6(9(14)15)4-8(5-7)13-2-1-12-10(13)16/h3-5H,1-2H2,(H,12,16)(H,14,15). The summed E-state index contributed by atoms with van der Waals surface area (Å²) in [4.78, 5) is 23.7. The van der Waals surface area contributed by atoms with Crippen LogP contribution in [0, 0.1) is 0 Å². The van der Waals surface area contributed by atoms with Crippen molar-refractivity contribution in [1.29, 1.82) is 0 Å². The Morgan fingerprint density at radius 1 is 1.44 bits per heavy atom. The van der Waals surface area contributed by atoms with Crippen LogP contribution in [0.4, 0.5) is 10.5 Å². The van der Waals surface area contributed by atoms with Crippen molar-refractivity contribution in [2.75, 3.05) is 18.0 Å². The summed E-state index contributed by atoms with van der Waals surface area (Å²) in [6.45, 7) is 1.06. The second-order valence-corrected chi connectivity index (χ2v) is 3.82. The molecule has 5 nitrogen and oxygen atoms in total. The number of rotatable bonds is 2. The van der Waals surface area contributed by atoms with E-state index in [0.29, 0.717) is 23.8 Å². The molecule has 2 amide bonds. The number of halogens is 1. The number of anilines is 1. The van der Waals surface area contributed by atoms with E-state index in [1.54, 1.807) is 6.07 Å². The fourth-order valence-corrected chi connectivity index (χ4v) is 1.80. The van der Waals surface area contributed by atoms with Gasteiger partial charge < -0.3 is 10.4 Å². The van der Waals surface area contributed by atoms with E-state index in [2.05, 4.69) is 5.32 Å². The zero-order chi connectivity index (χ0) is 11.7. The van der Waals surface area contributed by atoms with Crippen LogP contribution in [0.15, 0.2) is 18.2 Å². The average Bonchev–Trinajstić information content (AvgIpc) is 2.63. The molecule has 6 heteroatoms. The lowest BCUT2D eigenvalue weighted by Gasteiger charge is -2.15. The van der Waals surface area contributed by atoms with E-state index in [1.807, 2.05) is 0 Å². The molecule has 0 atom stereocenters. The van der Waals surface area contributed by atoms with Crippen molar-refractivity contribution in [3.63, 3.8) is 0 Å². The molecular formula is C10H9ClN2O3. The maximum Gasteiger partial charge on any atom is 0.335 e. The molecule has 84 valence electrons. The van der Waals surface area contributed by atoms with Crippen LogP contribution in [0.5, 0.6) is 0 Å². The molecule has 0 radical (unpaired) electrons. The zero-order valence-corrected chi connectivity index (χ0v) is 8.99. The first-order valence-corrected chi connectivity index (χ1v) is 5.05. The highest BCUT2D eigenvalue weighted by molar-refractivity contribution is 6.31. The van der Waals surface area contributed by atoms with Crippen molar-refractivity contribution < 1.29 is 14.7 Å². The first-order valence-electron chi connectivity index (χ1n) is 4.67. The summed E-state index contributed by atoms with van der Waals surface area (Å²) in [6, 6.07) is 4.11. The van der Waals surface area contributed by atoms with E-state index in [0.717, 1.165) is 0 Å². The van der Waals surface area contributed by atoms with E-state index < -0.39 is 5.97 Å². The summed E-state index contributed by atoms with van der Waals surface area (Å²) >= 11 is 5.80. The van der Waals surface area contributed by atoms with Crippen molar-refractivity contribution >= 4 is 29.3 Å². The van der Waals surface area contributed by atoms with E-state index in [9.17, 15) is 9.59 Å². The van der Waals surface area contributed by atoms with Gasteiger partial charge in [-0.1, -0.05) is 11.6 Å². The van der Waals surface area contributed by atoms with Gasteiger partial charge in [-0.2, -0.15) is 0 Å². The number of nitrogens with zero attached hydrogens (tertiary/aromatic N) is 1. The Kier molecular flexibility index (Phi) is 2.70. The Labute approximate surface area is 96.6 Å². The molecule has 1 fully saturated rings. The van der Waals surface area contributed by atoms with Crippen LogP contribution in [-0.4, -0.2) is 30.2 Å². The van der Waals surface area contributed by atoms with Crippen LogP contribution in [0.25, 0.3) is 0 Å². The van der Waals surface area contributed by atoms with Gasteiger partial charge in [0.15, 0.2) is 0 Å². The van der Waals surface area contributed by atoms with Crippen LogP contribution in [0.2, 0.25) is 5.02 Å². The number of benzene rings is 1. The third-order valence-corrected chi connectivity index (χ3v) is 2.52. The first-order chi connectivity index (χ1) is 7.58. The molecule has 16 heavy (non-hydrogen) atoms. The average molecular weight is 241 g/mol. The monoisotopic (exact) mass is 240 g/mol. The Balaban J connectivity index is 2.40. The second kappa shape index (κ2) is 4.02. The normalized spacial score (nSPS) is 15.1. The fraction of sp³-hybridized carbons (Fsp3) is 0.200. The van der Waals surface area contributed by atoms with Gasteiger partial charge in [-0.05, 0) is 18.2 Å². The number of urea groups is 1. The molecule has 0 unspecified atom stereocenters. The number of carboxylic acids is 1. The Hall–Kier alpha value is -1.75. The van der Waals surface area contributed by atoms with E-state index in [-0.39, 0.29) is 11.6 Å². The second-order valence-electron chi connectivity index (χ2n) is 3.39. The SMILES string of the molecule is O=C(O)c1cc(Cl)cc(N2CCNC2=O)c1. The Morgan fingerprint density at radius 3 is 2.75 bits per heavy atom. The zero-order valence-electron chi connectivity index (χ0n) is 8.24. The highest BCUT2D eigenvalue weighted by Gasteiger charge is 2.22. The van der Waals surface area contributed by atoms with Gasteiger partial charge in [0.2, 0.25) is 0 Å². The van der Waals surface area contributed by atoms with Gasteiger partial charge in [0, 0.05) is 23.8 Å². The van der Waals surface area contributed by atoms with Crippen LogP contribution in [0.3, 0.4) is 0 Å². The third-order valence-electron chi connectivity index (χ3n) is 2.30. The number of amides is 2. The predicted molar refractivity (Wildman–Crippen MR) is 59.2 cm³/mol. The number of hydrogen-bond donors (Lipinski definition) is 2. The van der Waals surface area contributed by atoms with Gasteiger partial charge in [0.05, 0.1) is 5.56 Å². The number of hydrogen-bond acceptors (Lipinski definition) is 2. The lowest BCUT2D eigenvalue weighted by Crippen LogP contribution is -2.27. The van der Waals surface area contributed by atoms with Gasteiger partial charge in [0.1, 0.15) is 0 Å². The number of nitrogens with one attached hydrogen (secondary N) is 1. The van der Waals surface area contributed by atoms with Crippen molar-refractivity contribution in [3.05, 3.63) is 28.8 Å². The maximum absolute atomic E-state index is 11.4. The van der Waals surface area contributed by atoms with Gasteiger partial charge in [-0.15, -0.1) is 0 Å². The molecule has 0 bridgehead atoms. The Bertz CT molecular complexity index is 461. The molecule has 1 saturated heterocycles. The smallest absolute Gasteiger partial charge is 0.335 e. The largest absolute Gasteiger partial charge is 0.478 e. The summed E-state index contributed by atoms with van der Waals surface area (Å²) in [5.74, 6) is -1.07. The molecule has 2 rings (SSSR count). The van der Waals surface area contributed by atoms with Crippen LogP contribution in [0.1, 0.15) is 10.4 Å². The fourth-order valence-electron chi connectivity index (χ4n) is 1.57. The summed E-state index contributed by atoms with van der Waals surface area (Å²) in [7, 11) is 0. The van der Waals surface area contributed by atoms with Crippen LogP contribution in [-0.2, 0) is 0 Å². The summed E-state index contributed by atoms with van der Waals surface area (Å²) in [6.07, 6.45) is 0. The quantitative estimate of drug-likeness (QED) is 0.824. The molecule has 0 spiro atoms. The van der Waals surface area contributed by atoms with E-state index in [4.69, 9.17) is 16.7 Å². The molecule has 1 aromatic rings. The minimum absolute atomic E-state index is 0.0715. The number of carbonyl (C=O) groups excluding carboxylic acids is 1. The topological polar surface area (TPSA) is 69.6 Å². The van der Waals surface area contributed by atoms with Gasteiger partial charge >= 0.3 is 12.0 Å². The number of carboxylic acid groups (broad SMARTS) is 1. The maximum atomic E-state index is 11.4. The first kappa shape index (κ1) is 10.8. The molecule has 1 heterocycles. The number of aromatic carboxylic acids is 1. The number of carbonyl (C=O) groups is 2. The van der Waals surface area contributed by atoms with Crippen LogP contribution < -0.4 is 10.2 Å². The van der Waals surface area contributed by atoms with Crippen molar-refractivity contribution in [3.8, 4) is 0 Å². The van der Waals surface area contributed by atoms with Gasteiger partial charge in [-0.25, -0.2) is 9.59 Å². The lowest BCUT2D eigenvalue weighted by atomic mass is 10.2. The van der Waals surface area contributed by atoms with Crippen molar-refractivity contribution in [2.45, 2.75) is 0 Å². The Morgan fingerprint density at radius 2 is 2.19 bits per heavy atom. The van der Waals surface area contributed by atoms with Crippen LogP contribution >= 0.6 is 11.6 Å². The van der Waals surface area contributed by atoms with E-state index in [1.165, 1.54) is 17.0 Å². The molecular weight excluding hydrogens is 232 g/mol. The minimum atomic E-state index is -1.07. The van der Waals surface area contributed by atoms with Crippen molar-refractivity contribution in [1.82, 2.24) is 5.32 Å². The highest BCUT2D eigenvalue weighted by Crippen LogP contribution is 2.23. The molecule has 1 aliphatic heterocycles.